The summed E-state index contributed by atoms with van der Waals surface area (Å²) in [5.41, 5.74) is 3.41. The second kappa shape index (κ2) is 9.07. The third-order valence-electron chi connectivity index (χ3n) is 4.67. The Balaban J connectivity index is 1.32. The van der Waals surface area contributed by atoms with E-state index >= 15 is 0 Å². The van der Waals surface area contributed by atoms with E-state index in [4.69, 9.17) is 9.47 Å². The van der Waals surface area contributed by atoms with E-state index in [0.717, 1.165) is 48.4 Å². The summed E-state index contributed by atoms with van der Waals surface area (Å²) >= 11 is 1.60. The number of aromatic nitrogens is 1. The van der Waals surface area contributed by atoms with Crippen LogP contribution in [0.4, 0.5) is 11.4 Å². The molecule has 3 aromatic rings. The van der Waals surface area contributed by atoms with Gasteiger partial charge in [0.2, 0.25) is 0 Å². The molecule has 0 spiro atoms. The Hall–Kier alpha value is -2.90. The summed E-state index contributed by atoms with van der Waals surface area (Å²) in [6.07, 6.45) is 0. The lowest BCUT2D eigenvalue weighted by Crippen LogP contribution is -2.36. The lowest BCUT2D eigenvalue weighted by atomic mass is 10.2. The number of ether oxygens (including phenoxy) is 2. The van der Waals surface area contributed by atoms with Crippen LogP contribution in [0.3, 0.4) is 0 Å². The van der Waals surface area contributed by atoms with Crippen molar-refractivity contribution in [3.8, 4) is 5.75 Å². The van der Waals surface area contributed by atoms with Gasteiger partial charge in [0, 0.05) is 35.4 Å². The van der Waals surface area contributed by atoms with Gasteiger partial charge in [-0.2, -0.15) is 0 Å². The highest BCUT2D eigenvalue weighted by molar-refractivity contribution is 7.09. The molecule has 1 aromatic heterocycles. The molecular weight excluding hydrogens is 386 g/mol. The van der Waals surface area contributed by atoms with Crippen molar-refractivity contribution in [1.82, 2.24) is 4.98 Å². The number of morpholine rings is 1. The molecule has 0 radical (unpaired) electrons. The van der Waals surface area contributed by atoms with Crippen molar-refractivity contribution in [1.29, 1.82) is 0 Å². The Labute approximate surface area is 174 Å². The number of nitrogens with zero attached hydrogens (tertiary/aromatic N) is 2. The number of hydrogen-bond acceptors (Lipinski definition) is 6. The quantitative estimate of drug-likeness (QED) is 0.664. The van der Waals surface area contributed by atoms with Crippen molar-refractivity contribution in [3.63, 3.8) is 0 Å². The van der Waals surface area contributed by atoms with Crippen LogP contribution in [0.2, 0.25) is 0 Å². The fraction of sp³-hybridized carbons (Fsp3) is 0.273. The molecule has 1 aliphatic rings. The molecule has 0 bridgehead atoms. The molecule has 4 rings (SSSR count). The minimum atomic E-state index is -0.147. The zero-order chi connectivity index (χ0) is 20.1. The highest BCUT2D eigenvalue weighted by Crippen LogP contribution is 2.20. The van der Waals surface area contributed by atoms with E-state index in [1.165, 1.54) is 0 Å². The summed E-state index contributed by atoms with van der Waals surface area (Å²) in [6, 6.07) is 15.0. The van der Waals surface area contributed by atoms with Gasteiger partial charge in [0.05, 0.1) is 23.9 Å². The Morgan fingerprint density at radius 1 is 1.14 bits per heavy atom. The maximum absolute atomic E-state index is 12.5. The predicted octanol–water partition coefficient (Wildman–Crippen LogP) is 4.12. The second-order valence-electron chi connectivity index (χ2n) is 6.77. The van der Waals surface area contributed by atoms with Crippen molar-refractivity contribution in [2.75, 3.05) is 36.5 Å². The zero-order valence-corrected chi connectivity index (χ0v) is 17.1. The SMILES string of the molecule is Cc1nc(COc2ccc(C(=O)Nc3ccc(N4CCOCC4)cc3)cc2)cs1. The van der Waals surface area contributed by atoms with Crippen LogP contribution in [-0.4, -0.2) is 37.2 Å². The van der Waals surface area contributed by atoms with Gasteiger partial charge < -0.3 is 19.7 Å². The van der Waals surface area contributed by atoms with Crippen LogP contribution >= 0.6 is 11.3 Å². The molecule has 2 heterocycles. The summed E-state index contributed by atoms with van der Waals surface area (Å²) < 4.78 is 11.1. The normalized spacial score (nSPS) is 13.9. The Bertz CT molecular complexity index is 948. The van der Waals surface area contributed by atoms with Crippen LogP contribution < -0.4 is 15.0 Å². The van der Waals surface area contributed by atoms with Crippen molar-refractivity contribution < 1.29 is 14.3 Å². The molecule has 1 aliphatic heterocycles. The van der Waals surface area contributed by atoms with E-state index in [2.05, 4.69) is 15.2 Å². The molecule has 29 heavy (non-hydrogen) atoms. The van der Waals surface area contributed by atoms with Gasteiger partial charge >= 0.3 is 0 Å². The smallest absolute Gasteiger partial charge is 0.255 e. The Morgan fingerprint density at radius 2 is 1.86 bits per heavy atom. The number of anilines is 2. The number of carbonyl (C=O) groups is 1. The molecule has 0 saturated carbocycles. The van der Waals surface area contributed by atoms with Crippen molar-refractivity contribution in [3.05, 3.63) is 70.2 Å². The third kappa shape index (κ3) is 5.13. The molecule has 150 valence electrons. The summed E-state index contributed by atoms with van der Waals surface area (Å²) in [7, 11) is 0. The van der Waals surface area contributed by atoms with Crippen LogP contribution in [0, 0.1) is 6.92 Å². The summed E-state index contributed by atoms with van der Waals surface area (Å²) in [5.74, 6) is 0.563. The van der Waals surface area contributed by atoms with Crippen molar-refractivity contribution in [2.45, 2.75) is 13.5 Å². The molecular formula is C22H23N3O3S. The molecule has 1 saturated heterocycles. The van der Waals surface area contributed by atoms with Crippen molar-refractivity contribution in [2.24, 2.45) is 0 Å². The van der Waals surface area contributed by atoms with Gasteiger partial charge in [0.25, 0.3) is 5.91 Å². The standard InChI is InChI=1S/C22H23N3O3S/c1-16-23-19(15-29-16)14-28-21-8-2-17(3-9-21)22(26)24-18-4-6-20(7-5-18)25-10-12-27-13-11-25/h2-9,15H,10-14H2,1H3,(H,24,26). The number of nitrogens with one attached hydrogen (secondary N) is 1. The maximum Gasteiger partial charge on any atom is 0.255 e. The fourth-order valence-corrected chi connectivity index (χ4v) is 3.71. The molecule has 7 heteroatoms. The third-order valence-corrected chi connectivity index (χ3v) is 5.49. The molecule has 1 N–H and O–H groups in total. The van der Waals surface area contributed by atoms with Crippen LogP contribution in [0.25, 0.3) is 0 Å². The van der Waals surface area contributed by atoms with E-state index in [-0.39, 0.29) is 5.91 Å². The first-order valence-corrected chi connectivity index (χ1v) is 10.4. The van der Waals surface area contributed by atoms with E-state index in [0.29, 0.717) is 17.9 Å². The van der Waals surface area contributed by atoms with Gasteiger partial charge in [0.15, 0.2) is 0 Å². The van der Waals surface area contributed by atoms with Crippen molar-refractivity contribution >= 4 is 28.6 Å². The first-order valence-electron chi connectivity index (χ1n) is 9.55. The summed E-state index contributed by atoms with van der Waals surface area (Å²) in [4.78, 5) is 19.2. The number of thiazole rings is 1. The van der Waals surface area contributed by atoms with Gasteiger partial charge in [-0.3, -0.25) is 4.79 Å². The van der Waals surface area contributed by atoms with E-state index in [9.17, 15) is 4.79 Å². The van der Waals surface area contributed by atoms with Gasteiger partial charge in [-0.25, -0.2) is 4.98 Å². The first kappa shape index (κ1) is 19.4. The zero-order valence-electron chi connectivity index (χ0n) is 16.3. The van der Waals surface area contributed by atoms with Crippen LogP contribution in [0.5, 0.6) is 5.75 Å². The average molecular weight is 410 g/mol. The van der Waals surface area contributed by atoms with Gasteiger partial charge in [-0.15, -0.1) is 11.3 Å². The van der Waals surface area contributed by atoms with E-state index in [1.807, 2.05) is 36.6 Å². The number of carbonyl (C=O) groups excluding carboxylic acids is 1. The summed E-state index contributed by atoms with van der Waals surface area (Å²) in [6.45, 7) is 5.68. The molecule has 0 aliphatic carbocycles. The predicted molar refractivity (Wildman–Crippen MR) is 115 cm³/mol. The highest BCUT2D eigenvalue weighted by atomic mass is 32.1. The minimum Gasteiger partial charge on any atom is -0.487 e. The molecule has 2 aromatic carbocycles. The Morgan fingerprint density at radius 3 is 2.52 bits per heavy atom. The maximum atomic E-state index is 12.5. The van der Waals surface area contributed by atoms with Crippen LogP contribution in [-0.2, 0) is 11.3 Å². The number of aryl methyl sites for hydroxylation is 1. The number of rotatable bonds is 6. The highest BCUT2D eigenvalue weighted by Gasteiger charge is 2.12. The summed E-state index contributed by atoms with van der Waals surface area (Å²) in [5, 5.41) is 5.95. The number of amides is 1. The second-order valence-corrected chi connectivity index (χ2v) is 7.83. The Kier molecular flexibility index (Phi) is 6.07. The van der Waals surface area contributed by atoms with Crippen LogP contribution in [0.15, 0.2) is 53.9 Å². The molecule has 6 nitrogen and oxygen atoms in total. The molecule has 1 fully saturated rings. The first-order chi connectivity index (χ1) is 14.2. The molecule has 0 unspecified atom stereocenters. The lowest BCUT2D eigenvalue weighted by Gasteiger charge is -2.28. The van der Waals surface area contributed by atoms with Gasteiger partial charge in [0.1, 0.15) is 12.4 Å². The minimum absolute atomic E-state index is 0.147. The van der Waals surface area contributed by atoms with Gasteiger partial charge in [-0.1, -0.05) is 0 Å². The molecule has 1 amide bonds. The topological polar surface area (TPSA) is 63.7 Å². The largest absolute Gasteiger partial charge is 0.487 e. The van der Waals surface area contributed by atoms with Gasteiger partial charge in [-0.05, 0) is 55.5 Å². The lowest BCUT2D eigenvalue weighted by molar-refractivity contribution is 0.102. The number of hydrogen-bond donors (Lipinski definition) is 1. The van der Waals surface area contributed by atoms with E-state index < -0.39 is 0 Å². The fourth-order valence-electron chi connectivity index (χ4n) is 3.11. The van der Waals surface area contributed by atoms with E-state index in [1.54, 1.807) is 35.6 Å². The number of benzene rings is 2. The van der Waals surface area contributed by atoms with Crippen LogP contribution in [0.1, 0.15) is 21.1 Å². The average Bonchev–Trinajstić information content (AvgIpc) is 3.19. The monoisotopic (exact) mass is 409 g/mol. The molecule has 0 atom stereocenters.